The Bertz CT molecular complexity index is 1520. The Hall–Kier alpha value is -3.07. The average molecular weight is 611 g/mol. The molecule has 0 bridgehead atoms. The summed E-state index contributed by atoms with van der Waals surface area (Å²) in [6, 6.07) is 7.50. The first-order valence-electron chi connectivity index (χ1n) is 12.5. The van der Waals surface area contributed by atoms with Gasteiger partial charge in [0.25, 0.3) is 5.91 Å². The second kappa shape index (κ2) is 13.1. The molecule has 2 heterocycles. The molecule has 214 valence electrons. The van der Waals surface area contributed by atoms with Gasteiger partial charge in [-0.25, -0.2) is 8.42 Å². The smallest absolute Gasteiger partial charge is 0.323 e. The summed E-state index contributed by atoms with van der Waals surface area (Å²) in [4.78, 5) is 28.5. The number of aromatic nitrogens is 2. The van der Waals surface area contributed by atoms with Gasteiger partial charge in [0.15, 0.2) is 6.29 Å². The number of hydrogen-bond donors (Lipinski definition) is 5. The summed E-state index contributed by atoms with van der Waals surface area (Å²) >= 11 is 12.0. The molecule has 40 heavy (non-hydrogen) atoms. The van der Waals surface area contributed by atoms with E-state index < -0.39 is 39.4 Å². The molecule has 3 aromatic rings. The van der Waals surface area contributed by atoms with E-state index in [9.17, 15) is 23.1 Å². The van der Waals surface area contributed by atoms with Crippen LogP contribution in [0.3, 0.4) is 0 Å². The van der Waals surface area contributed by atoms with Crippen LogP contribution >= 0.6 is 23.2 Å². The molecule has 2 aromatic carbocycles. The largest absolute Gasteiger partial charge is 0.480 e. The van der Waals surface area contributed by atoms with Gasteiger partial charge < -0.3 is 10.4 Å². The number of carboxylic acids is 1. The molecule has 2 atom stereocenters. The molecule has 1 amide bonds. The molecule has 12 nitrogen and oxygen atoms in total. The predicted molar refractivity (Wildman–Crippen MR) is 152 cm³/mol. The van der Waals surface area contributed by atoms with Crippen molar-refractivity contribution in [1.82, 2.24) is 30.5 Å². The number of fused-ring (bicyclic) bond motifs is 1. The lowest BCUT2D eigenvalue weighted by molar-refractivity contribution is -0.138. The van der Waals surface area contributed by atoms with Crippen LogP contribution in [0, 0.1) is 0 Å². The molecule has 0 aliphatic carbocycles. The van der Waals surface area contributed by atoms with Crippen LogP contribution in [0.2, 0.25) is 10.0 Å². The van der Waals surface area contributed by atoms with E-state index in [0.717, 1.165) is 48.9 Å². The zero-order valence-corrected chi connectivity index (χ0v) is 23.9. The van der Waals surface area contributed by atoms with E-state index in [2.05, 4.69) is 26.0 Å². The number of hydrogen-bond acceptors (Lipinski definition) is 8. The third-order valence-corrected chi connectivity index (χ3v) is 8.66. The van der Waals surface area contributed by atoms with Gasteiger partial charge >= 0.3 is 5.97 Å². The van der Waals surface area contributed by atoms with Crippen molar-refractivity contribution in [3.05, 3.63) is 57.7 Å². The molecule has 15 heteroatoms. The van der Waals surface area contributed by atoms with Gasteiger partial charge in [-0.05, 0) is 50.1 Å². The highest BCUT2D eigenvalue weighted by atomic mass is 35.5. The molecular weight excluding hydrogens is 581 g/mol. The quantitative estimate of drug-likeness (QED) is 0.194. The number of carbonyl (C=O) groups is 2. The summed E-state index contributed by atoms with van der Waals surface area (Å²) in [7, 11) is -2.62. The number of carbonyl (C=O) groups excluding carboxylic acids is 1. The summed E-state index contributed by atoms with van der Waals surface area (Å²) < 4.78 is 29.3. The molecule has 1 aromatic heterocycles. The number of nitrogens with zero attached hydrogens (tertiary/aromatic N) is 3. The Balaban J connectivity index is 1.38. The molecule has 4 rings (SSSR count). The molecule has 0 radical (unpaired) electrons. The van der Waals surface area contributed by atoms with Crippen LogP contribution < -0.4 is 20.7 Å². The van der Waals surface area contributed by atoms with Gasteiger partial charge in [0.05, 0.1) is 21.3 Å². The Morgan fingerprint density at radius 3 is 2.65 bits per heavy atom. The van der Waals surface area contributed by atoms with Crippen LogP contribution in [0.15, 0.2) is 46.3 Å². The maximum atomic E-state index is 12.9. The molecule has 0 saturated carbocycles. The molecular formula is C25H29Cl2N7O5S. The first kappa shape index (κ1) is 29.9. The third-order valence-electron chi connectivity index (χ3n) is 6.23. The van der Waals surface area contributed by atoms with Crippen molar-refractivity contribution in [2.75, 3.05) is 19.6 Å². The number of aryl methyl sites for hydroxylation is 2. The minimum absolute atomic E-state index is 0.0692. The van der Waals surface area contributed by atoms with E-state index in [4.69, 9.17) is 23.2 Å². The van der Waals surface area contributed by atoms with Gasteiger partial charge in [0.1, 0.15) is 10.9 Å². The van der Waals surface area contributed by atoms with Crippen LogP contribution in [0.4, 0.5) is 0 Å². The minimum atomic E-state index is -4.40. The van der Waals surface area contributed by atoms with Crippen molar-refractivity contribution in [2.45, 2.75) is 36.5 Å². The van der Waals surface area contributed by atoms with E-state index in [1.54, 1.807) is 29.9 Å². The highest BCUT2D eigenvalue weighted by Crippen LogP contribution is 2.29. The van der Waals surface area contributed by atoms with Crippen molar-refractivity contribution in [2.24, 2.45) is 12.0 Å². The first-order valence-corrected chi connectivity index (χ1v) is 14.7. The number of aliphatic carboxylic acids is 1. The zero-order chi connectivity index (χ0) is 28.9. The topological polar surface area (TPSA) is 167 Å². The van der Waals surface area contributed by atoms with Crippen molar-refractivity contribution < 1.29 is 23.1 Å². The van der Waals surface area contributed by atoms with Gasteiger partial charge in [0, 0.05) is 37.3 Å². The van der Waals surface area contributed by atoms with Crippen LogP contribution in [-0.4, -0.2) is 73.4 Å². The van der Waals surface area contributed by atoms with Crippen LogP contribution in [-0.2, 0) is 28.3 Å². The van der Waals surface area contributed by atoms with E-state index in [0.29, 0.717) is 0 Å². The van der Waals surface area contributed by atoms with Crippen LogP contribution in [0.5, 0.6) is 0 Å². The Morgan fingerprint density at radius 2 is 1.98 bits per heavy atom. The maximum Gasteiger partial charge on any atom is 0.323 e. The number of nitrogens with one attached hydrogen (secondary N) is 4. The second-order valence-corrected chi connectivity index (χ2v) is 11.6. The standard InChI is InChI=1S/C25H29Cl2N7O5S/c1-34-21-13-15(8-9-16(21)19(32-34)7-3-10-28-25-29-11-4-12-30-25)23(35)31-14-20(24(36)37)33-40(38,39)22-17(26)5-2-6-18(22)27/h2,5-6,8-9,11,13,20,25,28,30,33H,3-4,7,10,12,14H2,1H3,(H,31,35)(H,36,37). The van der Waals surface area contributed by atoms with E-state index >= 15 is 0 Å². The molecule has 2 unspecified atom stereocenters. The second-order valence-electron chi connectivity index (χ2n) is 9.11. The van der Waals surface area contributed by atoms with Gasteiger partial charge in [-0.15, -0.1) is 0 Å². The van der Waals surface area contributed by atoms with Gasteiger partial charge in [0.2, 0.25) is 10.0 Å². The fraction of sp³-hybridized carbons (Fsp3) is 0.360. The third kappa shape index (κ3) is 7.16. The summed E-state index contributed by atoms with van der Waals surface area (Å²) in [5, 5.41) is 23.8. The van der Waals surface area contributed by atoms with Gasteiger partial charge in [-0.3, -0.25) is 29.9 Å². The Labute approximate surface area is 241 Å². The summed E-state index contributed by atoms with van der Waals surface area (Å²) in [6.07, 6.45) is 4.33. The zero-order valence-electron chi connectivity index (χ0n) is 21.5. The summed E-state index contributed by atoms with van der Waals surface area (Å²) in [6.45, 7) is 1.13. The normalized spacial score (nSPS) is 16.2. The number of sulfonamides is 1. The lowest BCUT2D eigenvalue weighted by atomic mass is 10.1. The number of benzene rings is 2. The molecule has 0 fully saturated rings. The highest BCUT2D eigenvalue weighted by molar-refractivity contribution is 7.89. The number of halogens is 2. The van der Waals surface area contributed by atoms with Gasteiger partial charge in [-0.2, -0.15) is 9.82 Å². The first-order chi connectivity index (χ1) is 19.1. The fourth-order valence-electron chi connectivity index (χ4n) is 4.26. The van der Waals surface area contributed by atoms with Gasteiger partial charge in [-0.1, -0.05) is 35.3 Å². The van der Waals surface area contributed by atoms with Crippen molar-refractivity contribution >= 4 is 62.2 Å². The van der Waals surface area contributed by atoms with E-state index in [1.807, 2.05) is 10.9 Å². The number of aliphatic imine (C=N–C) groups is 1. The lowest BCUT2D eigenvalue weighted by Crippen LogP contribution is -2.48. The highest BCUT2D eigenvalue weighted by Gasteiger charge is 2.29. The van der Waals surface area contributed by atoms with Crippen molar-refractivity contribution in [1.29, 1.82) is 0 Å². The number of amides is 1. The average Bonchev–Trinajstić information content (AvgIpc) is 3.23. The van der Waals surface area contributed by atoms with Crippen molar-refractivity contribution in [3.63, 3.8) is 0 Å². The van der Waals surface area contributed by atoms with E-state index in [1.165, 1.54) is 18.2 Å². The minimum Gasteiger partial charge on any atom is -0.480 e. The monoisotopic (exact) mass is 609 g/mol. The molecule has 5 N–H and O–H groups in total. The van der Waals surface area contributed by atoms with Crippen LogP contribution in [0.1, 0.15) is 28.9 Å². The summed E-state index contributed by atoms with van der Waals surface area (Å²) in [5.74, 6) is -2.06. The number of rotatable bonds is 12. The SMILES string of the molecule is Cn1nc(CCCNC2N=CCCN2)c2ccc(C(=O)NCC(NS(=O)(=O)c3c(Cl)cccc3Cl)C(=O)O)cc21. The molecule has 1 aliphatic rings. The van der Waals surface area contributed by atoms with Crippen molar-refractivity contribution in [3.8, 4) is 0 Å². The summed E-state index contributed by atoms with van der Waals surface area (Å²) in [5.41, 5.74) is 1.90. The maximum absolute atomic E-state index is 12.9. The molecule has 0 spiro atoms. The number of carboxylic acid groups (broad SMARTS) is 1. The molecule has 1 aliphatic heterocycles. The Kier molecular flexibility index (Phi) is 9.77. The fourth-order valence-corrected chi connectivity index (χ4v) is 6.59. The van der Waals surface area contributed by atoms with E-state index in [-0.39, 0.29) is 21.9 Å². The van der Waals surface area contributed by atoms with Crippen LogP contribution in [0.25, 0.3) is 10.9 Å². The Morgan fingerprint density at radius 1 is 1.23 bits per heavy atom. The molecule has 0 saturated heterocycles. The lowest BCUT2D eigenvalue weighted by Gasteiger charge is -2.18. The predicted octanol–water partition coefficient (Wildman–Crippen LogP) is 1.91.